The summed E-state index contributed by atoms with van der Waals surface area (Å²) in [5.74, 6) is 0.922. The van der Waals surface area contributed by atoms with E-state index < -0.39 is 0 Å². The van der Waals surface area contributed by atoms with E-state index in [4.69, 9.17) is 9.15 Å². The number of aromatic nitrogens is 2. The van der Waals surface area contributed by atoms with Gasteiger partial charge in [-0.2, -0.15) is 0 Å². The molecule has 160 valence electrons. The molecule has 2 aromatic heterocycles. The van der Waals surface area contributed by atoms with Crippen LogP contribution >= 0.6 is 0 Å². The maximum absolute atomic E-state index is 12.4. The highest BCUT2D eigenvalue weighted by molar-refractivity contribution is 5.85. The number of para-hydroxylation sites is 2. The van der Waals surface area contributed by atoms with Crippen LogP contribution in [0.1, 0.15) is 43.3 Å². The zero-order valence-corrected chi connectivity index (χ0v) is 17.8. The van der Waals surface area contributed by atoms with Gasteiger partial charge in [0.2, 0.25) is 0 Å². The molecule has 1 amide bonds. The van der Waals surface area contributed by atoms with E-state index in [-0.39, 0.29) is 24.2 Å². The highest BCUT2D eigenvalue weighted by Crippen LogP contribution is 2.29. The molecule has 0 spiro atoms. The van der Waals surface area contributed by atoms with Gasteiger partial charge < -0.3 is 19.5 Å². The number of rotatable bonds is 7. The summed E-state index contributed by atoms with van der Waals surface area (Å²) in [7, 11) is 0. The van der Waals surface area contributed by atoms with Crippen molar-refractivity contribution in [1.82, 2.24) is 15.3 Å². The predicted molar refractivity (Wildman–Crippen MR) is 119 cm³/mol. The third-order valence-corrected chi connectivity index (χ3v) is 5.27. The Bertz CT molecular complexity index is 1270. The van der Waals surface area contributed by atoms with E-state index in [1.165, 1.54) is 0 Å². The maximum Gasteiger partial charge on any atom is 0.336 e. The van der Waals surface area contributed by atoms with Gasteiger partial charge in [0.1, 0.15) is 17.2 Å². The number of carbonyl (C=O) groups excluding carboxylic acids is 1. The van der Waals surface area contributed by atoms with Crippen molar-refractivity contribution in [2.24, 2.45) is 0 Å². The van der Waals surface area contributed by atoms with E-state index in [0.29, 0.717) is 22.7 Å². The van der Waals surface area contributed by atoms with Crippen molar-refractivity contribution in [2.75, 3.05) is 6.61 Å². The molecule has 4 aromatic rings. The average molecular weight is 419 g/mol. The van der Waals surface area contributed by atoms with Gasteiger partial charge in [-0.15, -0.1) is 0 Å². The number of ether oxygens (including phenoxy) is 1. The first-order chi connectivity index (χ1) is 15.0. The van der Waals surface area contributed by atoms with Gasteiger partial charge in [-0.1, -0.05) is 25.5 Å². The first-order valence-corrected chi connectivity index (χ1v) is 10.4. The smallest absolute Gasteiger partial charge is 0.336 e. The quantitative estimate of drug-likeness (QED) is 0.438. The van der Waals surface area contributed by atoms with Crippen LogP contribution in [0.2, 0.25) is 0 Å². The van der Waals surface area contributed by atoms with Gasteiger partial charge in [0.05, 0.1) is 17.1 Å². The largest absolute Gasteiger partial charge is 0.483 e. The van der Waals surface area contributed by atoms with Crippen molar-refractivity contribution < 1.29 is 13.9 Å². The molecule has 0 radical (unpaired) electrons. The van der Waals surface area contributed by atoms with Gasteiger partial charge in [0, 0.05) is 17.0 Å². The minimum Gasteiger partial charge on any atom is -0.483 e. The topological polar surface area (TPSA) is 97.2 Å². The summed E-state index contributed by atoms with van der Waals surface area (Å²) in [6, 6.07) is 12.6. The zero-order valence-electron chi connectivity index (χ0n) is 17.8. The number of hydrogen-bond acceptors (Lipinski definition) is 5. The molecule has 2 N–H and O–H groups in total. The standard InChI is InChI=1S/C24H25N3O4/c1-4-7-16-12-22(29)31-23-14(2)20(11-10-17(16)23)30-13-21(28)25-15(3)24-26-18-8-5-6-9-19(18)27-24/h5-6,8-12,15H,4,7,13H2,1-3H3,(H,25,28)(H,26,27). The van der Waals surface area contributed by atoms with Crippen LogP contribution in [0.4, 0.5) is 0 Å². The highest BCUT2D eigenvalue weighted by Gasteiger charge is 2.16. The van der Waals surface area contributed by atoms with Crippen LogP contribution in [-0.4, -0.2) is 22.5 Å². The molecule has 1 atom stereocenters. The number of imidazole rings is 1. The van der Waals surface area contributed by atoms with Crippen LogP contribution in [0.25, 0.3) is 22.0 Å². The Kier molecular flexibility index (Phi) is 5.75. The number of aromatic amines is 1. The molecule has 0 aliphatic carbocycles. The first-order valence-electron chi connectivity index (χ1n) is 10.4. The van der Waals surface area contributed by atoms with Crippen molar-refractivity contribution in [2.45, 2.75) is 39.7 Å². The summed E-state index contributed by atoms with van der Waals surface area (Å²) in [5, 5.41) is 3.79. The molecule has 0 aliphatic rings. The second kappa shape index (κ2) is 8.63. The summed E-state index contributed by atoms with van der Waals surface area (Å²) in [6.07, 6.45) is 1.73. The van der Waals surface area contributed by atoms with Crippen molar-refractivity contribution in [3.63, 3.8) is 0 Å². The molecule has 0 bridgehead atoms. The second-order valence-electron chi connectivity index (χ2n) is 7.62. The molecule has 4 rings (SSSR count). The molecule has 7 heteroatoms. The first kappa shape index (κ1) is 20.7. The Labute approximate surface area is 179 Å². The van der Waals surface area contributed by atoms with Crippen molar-refractivity contribution in [3.8, 4) is 5.75 Å². The summed E-state index contributed by atoms with van der Waals surface area (Å²) >= 11 is 0. The molecular weight excluding hydrogens is 394 g/mol. The number of fused-ring (bicyclic) bond motifs is 2. The van der Waals surface area contributed by atoms with Gasteiger partial charge >= 0.3 is 5.63 Å². The van der Waals surface area contributed by atoms with Crippen LogP contribution in [0, 0.1) is 6.92 Å². The lowest BCUT2D eigenvalue weighted by Crippen LogP contribution is -2.31. The fourth-order valence-electron chi connectivity index (χ4n) is 3.71. The Balaban J connectivity index is 1.46. The molecule has 7 nitrogen and oxygen atoms in total. The lowest BCUT2D eigenvalue weighted by atomic mass is 10.0. The van der Waals surface area contributed by atoms with Crippen molar-refractivity contribution in [3.05, 3.63) is 69.8 Å². The average Bonchev–Trinajstić information content (AvgIpc) is 3.18. The van der Waals surface area contributed by atoms with Crippen LogP contribution < -0.4 is 15.7 Å². The summed E-state index contributed by atoms with van der Waals surface area (Å²) in [6.45, 7) is 5.59. The van der Waals surface area contributed by atoms with E-state index in [1.54, 1.807) is 6.07 Å². The monoisotopic (exact) mass is 419 g/mol. The van der Waals surface area contributed by atoms with Crippen molar-refractivity contribution in [1.29, 1.82) is 0 Å². The summed E-state index contributed by atoms with van der Waals surface area (Å²) in [5.41, 5.74) is 3.56. The number of carbonyl (C=O) groups is 1. The van der Waals surface area contributed by atoms with Gasteiger partial charge in [0.25, 0.3) is 5.91 Å². The maximum atomic E-state index is 12.4. The number of nitrogens with one attached hydrogen (secondary N) is 2. The Hall–Kier alpha value is -3.61. The molecule has 0 aliphatic heterocycles. The molecule has 0 fully saturated rings. The van der Waals surface area contributed by atoms with Crippen LogP contribution in [0.5, 0.6) is 5.75 Å². The normalized spacial score (nSPS) is 12.2. The third kappa shape index (κ3) is 4.30. The summed E-state index contributed by atoms with van der Waals surface area (Å²) < 4.78 is 11.2. The van der Waals surface area contributed by atoms with Gasteiger partial charge in [0.15, 0.2) is 6.61 Å². The third-order valence-electron chi connectivity index (χ3n) is 5.27. The molecule has 2 heterocycles. The molecule has 2 aromatic carbocycles. The number of nitrogens with zero attached hydrogens (tertiary/aromatic N) is 1. The molecule has 1 unspecified atom stereocenters. The van der Waals surface area contributed by atoms with E-state index in [2.05, 4.69) is 22.2 Å². The van der Waals surface area contributed by atoms with Gasteiger partial charge in [-0.3, -0.25) is 4.79 Å². The minimum atomic E-state index is -0.381. The number of aryl methyl sites for hydroxylation is 2. The summed E-state index contributed by atoms with van der Waals surface area (Å²) in [4.78, 5) is 32.1. The highest BCUT2D eigenvalue weighted by atomic mass is 16.5. The Morgan fingerprint density at radius 2 is 2.06 bits per heavy atom. The van der Waals surface area contributed by atoms with Crippen LogP contribution in [0.3, 0.4) is 0 Å². The van der Waals surface area contributed by atoms with E-state index in [1.807, 2.05) is 50.2 Å². The molecule has 31 heavy (non-hydrogen) atoms. The molecular formula is C24H25N3O4. The van der Waals surface area contributed by atoms with E-state index in [9.17, 15) is 9.59 Å². The minimum absolute atomic E-state index is 0.157. The van der Waals surface area contributed by atoms with E-state index in [0.717, 1.165) is 34.8 Å². The van der Waals surface area contributed by atoms with Crippen LogP contribution in [-0.2, 0) is 11.2 Å². The fourth-order valence-corrected chi connectivity index (χ4v) is 3.71. The van der Waals surface area contributed by atoms with Gasteiger partial charge in [-0.05, 0) is 50.1 Å². The number of hydrogen-bond donors (Lipinski definition) is 2. The number of benzene rings is 2. The number of amides is 1. The van der Waals surface area contributed by atoms with Crippen molar-refractivity contribution >= 4 is 27.9 Å². The SMILES string of the molecule is CCCc1cc(=O)oc2c(C)c(OCC(=O)NC(C)c3nc4ccccc4[nH]3)ccc12. The Morgan fingerprint density at radius 1 is 1.26 bits per heavy atom. The molecule has 0 saturated heterocycles. The zero-order chi connectivity index (χ0) is 22.0. The molecule has 0 saturated carbocycles. The second-order valence-corrected chi connectivity index (χ2v) is 7.62. The van der Waals surface area contributed by atoms with Gasteiger partial charge in [-0.25, -0.2) is 9.78 Å². The lowest BCUT2D eigenvalue weighted by molar-refractivity contribution is -0.123. The van der Waals surface area contributed by atoms with E-state index >= 15 is 0 Å². The Morgan fingerprint density at radius 3 is 2.84 bits per heavy atom. The fraction of sp³-hybridized carbons (Fsp3) is 0.292. The predicted octanol–water partition coefficient (Wildman–Crippen LogP) is 4.19. The number of H-pyrrole nitrogens is 1. The van der Waals surface area contributed by atoms with Crippen LogP contribution in [0.15, 0.2) is 51.7 Å². The lowest BCUT2D eigenvalue weighted by Gasteiger charge is -2.14.